The number of aromatic nitrogens is 2. The molecule has 72 valence electrons. The molecule has 0 radical (unpaired) electrons. The molecule has 1 aromatic heterocycles. The maximum atomic E-state index is 11.9. The fourth-order valence-corrected chi connectivity index (χ4v) is 2.04. The van der Waals surface area contributed by atoms with Gasteiger partial charge in [0.25, 0.3) is 0 Å². The predicted octanol–water partition coefficient (Wildman–Crippen LogP) is 1.76. The molecule has 0 amide bonds. The van der Waals surface area contributed by atoms with Crippen LogP contribution in [-0.4, -0.2) is 13.2 Å². The standard InChI is InChI=1S/C10H10N2OS/c1-9-2-4-10(5-3-9)14(13)12-7-6-11-8-12/h2-8H,1H3. The minimum absolute atomic E-state index is 0.786. The van der Waals surface area contributed by atoms with Crippen molar-refractivity contribution >= 4 is 11.0 Å². The molecule has 14 heavy (non-hydrogen) atoms. The van der Waals surface area contributed by atoms with Gasteiger partial charge >= 0.3 is 0 Å². The average Bonchev–Trinajstić information content (AvgIpc) is 2.71. The molecule has 1 heterocycles. The Balaban J connectivity index is 2.33. The van der Waals surface area contributed by atoms with Crippen LogP contribution in [0, 0.1) is 6.92 Å². The summed E-state index contributed by atoms with van der Waals surface area (Å²) in [5.74, 6) is 0. The van der Waals surface area contributed by atoms with Gasteiger partial charge in [-0.05, 0) is 19.1 Å². The van der Waals surface area contributed by atoms with Crippen LogP contribution in [0.2, 0.25) is 0 Å². The fourth-order valence-electron chi connectivity index (χ4n) is 1.12. The second-order valence-corrected chi connectivity index (χ2v) is 4.38. The van der Waals surface area contributed by atoms with Gasteiger partial charge in [-0.2, -0.15) is 0 Å². The van der Waals surface area contributed by atoms with Crippen LogP contribution >= 0.6 is 0 Å². The van der Waals surface area contributed by atoms with Gasteiger partial charge in [-0.25, -0.2) is 9.19 Å². The van der Waals surface area contributed by atoms with E-state index in [1.165, 1.54) is 0 Å². The highest BCUT2D eigenvalue weighted by Gasteiger charge is 2.03. The smallest absolute Gasteiger partial charge is 0.157 e. The topological polar surface area (TPSA) is 34.9 Å². The van der Waals surface area contributed by atoms with Gasteiger partial charge in [0.1, 0.15) is 6.33 Å². The monoisotopic (exact) mass is 206 g/mol. The van der Waals surface area contributed by atoms with Crippen LogP contribution in [0.25, 0.3) is 0 Å². The summed E-state index contributed by atoms with van der Waals surface area (Å²) in [7, 11) is -1.17. The van der Waals surface area contributed by atoms with Crippen molar-refractivity contribution in [3.05, 3.63) is 48.5 Å². The molecule has 1 aromatic carbocycles. The number of hydrogen-bond acceptors (Lipinski definition) is 2. The average molecular weight is 206 g/mol. The van der Waals surface area contributed by atoms with E-state index in [1.54, 1.807) is 22.7 Å². The van der Waals surface area contributed by atoms with Crippen molar-refractivity contribution < 1.29 is 4.21 Å². The first-order valence-corrected chi connectivity index (χ1v) is 5.35. The maximum Gasteiger partial charge on any atom is 0.157 e. The summed E-state index contributed by atoms with van der Waals surface area (Å²) in [5.41, 5.74) is 1.16. The summed E-state index contributed by atoms with van der Waals surface area (Å²) >= 11 is 0. The minimum atomic E-state index is -1.17. The van der Waals surface area contributed by atoms with E-state index in [2.05, 4.69) is 4.98 Å². The summed E-state index contributed by atoms with van der Waals surface area (Å²) in [6, 6.07) is 7.63. The third-order valence-electron chi connectivity index (χ3n) is 1.89. The molecule has 1 unspecified atom stereocenters. The SMILES string of the molecule is Cc1ccc(S(=O)n2ccnc2)cc1. The van der Waals surface area contributed by atoms with Crippen LogP contribution in [0.1, 0.15) is 5.56 Å². The van der Waals surface area contributed by atoms with E-state index in [4.69, 9.17) is 0 Å². The lowest BCUT2D eigenvalue weighted by Crippen LogP contribution is -2.01. The molecule has 2 aromatic rings. The third-order valence-corrected chi connectivity index (χ3v) is 3.17. The zero-order valence-corrected chi connectivity index (χ0v) is 8.57. The van der Waals surface area contributed by atoms with Crippen molar-refractivity contribution in [3.63, 3.8) is 0 Å². The Morgan fingerprint density at radius 3 is 2.57 bits per heavy atom. The quantitative estimate of drug-likeness (QED) is 0.750. The van der Waals surface area contributed by atoms with Gasteiger partial charge in [0.05, 0.1) is 4.90 Å². The van der Waals surface area contributed by atoms with E-state index in [9.17, 15) is 4.21 Å². The maximum absolute atomic E-state index is 11.9. The third kappa shape index (κ3) is 1.75. The number of hydrogen-bond donors (Lipinski definition) is 0. The number of aryl methyl sites for hydroxylation is 1. The Bertz CT molecular complexity index is 434. The molecule has 1 atom stereocenters. The zero-order valence-electron chi connectivity index (χ0n) is 7.75. The lowest BCUT2D eigenvalue weighted by molar-refractivity contribution is 0.677. The zero-order chi connectivity index (χ0) is 9.97. The van der Waals surface area contributed by atoms with E-state index in [0.29, 0.717) is 0 Å². The lowest BCUT2D eigenvalue weighted by atomic mass is 10.2. The largest absolute Gasteiger partial charge is 0.251 e. The first kappa shape index (κ1) is 9.15. The summed E-state index contributed by atoms with van der Waals surface area (Å²) in [6.07, 6.45) is 4.86. The molecule has 0 N–H and O–H groups in total. The van der Waals surface area contributed by atoms with Crippen molar-refractivity contribution in [1.29, 1.82) is 0 Å². The van der Waals surface area contributed by atoms with E-state index in [1.807, 2.05) is 31.2 Å². The van der Waals surface area contributed by atoms with Crippen molar-refractivity contribution in [2.75, 3.05) is 0 Å². The summed E-state index contributed by atoms with van der Waals surface area (Å²) < 4.78 is 13.4. The molecular formula is C10H10N2OS. The van der Waals surface area contributed by atoms with Crippen molar-refractivity contribution in [1.82, 2.24) is 8.96 Å². The Morgan fingerprint density at radius 1 is 1.29 bits per heavy atom. The summed E-state index contributed by atoms with van der Waals surface area (Å²) in [4.78, 5) is 4.64. The number of rotatable bonds is 2. The molecule has 4 heteroatoms. The molecule has 0 saturated carbocycles. The van der Waals surface area contributed by atoms with Crippen LogP contribution < -0.4 is 0 Å². The van der Waals surface area contributed by atoms with Gasteiger partial charge in [-0.3, -0.25) is 3.97 Å². The molecule has 0 aliphatic rings. The van der Waals surface area contributed by atoms with Crippen LogP contribution in [-0.2, 0) is 11.0 Å². The first-order chi connectivity index (χ1) is 6.77. The first-order valence-electron chi connectivity index (χ1n) is 4.24. The molecule has 0 aliphatic carbocycles. The summed E-state index contributed by atoms with van der Waals surface area (Å²) in [5, 5.41) is 0. The molecular weight excluding hydrogens is 196 g/mol. The molecule has 3 nitrogen and oxygen atoms in total. The highest BCUT2D eigenvalue weighted by atomic mass is 32.2. The Labute approximate surface area is 85.0 Å². The van der Waals surface area contributed by atoms with Gasteiger partial charge in [-0.15, -0.1) is 0 Å². The predicted molar refractivity (Wildman–Crippen MR) is 55.2 cm³/mol. The van der Waals surface area contributed by atoms with Crippen LogP contribution in [0.4, 0.5) is 0 Å². The number of imidazole rings is 1. The molecule has 0 aliphatic heterocycles. The summed E-state index contributed by atoms with van der Waals surface area (Å²) in [6.45, 7) is 2.00. The van der Waals surface area contributed by atoms with Gasteiger partial charge in [0, 0.05) is 12.4 Å². The number of benzene rings is 1. The molecule has 0 fully saturated rings. The van der Waals surface area contributed by atoms with Gasteiger partial charge in [-0.1, -0.05) is 17.7 Å². The Kier molecular flexibility index (Phi) is 2.45. The van der Waals surface area contributed by atoms with Gasteiger partial charge in [0.2, 0.25) is 0 Å². The normalized spacial score (nSPS) is 12.6. The molecule has 0 spiro atoms. The van der Waals surface area contributed by atoms with E-state index in [0.717, 1.165) is 10.5 Å². The van der Waals surface area contributed by atoms with Crippen molar-refractivity contribution in [2.24, 2.45) is 0 Å². The fraction of sp³-hybridized carbons (Fsp3) is 0.100. The molecule has 2 rings (SSSR count). The molecule has 0 bridgehead atoms. The van der Waals surface area contributed by atoms with Gasteiger partial charge in [0.15, 0.2) is 11.0 Å². The Hall–Kier alpha value is -1.42. The van der Waals surface area contributed by atoms with Crippen LogP contribution in [0.3, 0.4) is 0 Å². The second kappa shape index (κ2) is 3.75. The van der Waals surface area contributed by atoms with E-state index >= 15 is 0 Å². The highest BCUT2D eigenvalue weighted by molar-refractivity contribution is 7.83. The molecule has 0 saturated heterocycles. The second-order valence-electron chi connectivity index (χ2n) is 2.98. The highest BCUT2D eigenvalue weighted by Crippen LogP contribution is 2.09. The lowest BCUT2D eigenvalue weighted by Gasteiger charge is -2.01. The van der Waals surface area contributed by atoms with E-state index in [-0.39, 0.29) is 0 Å². The van der Waals surface area contributed by atoms with Gasteiger partial charge < -0.3 is 0 Å². The van der Waals surface area contributed by atoms with E-state index < -0.39 is 11.0 Å². The van der Waals surface area contributed by atoms with Crippen molar-refractivity contribution in [3.8, 4) is 0 Å². The number of nitrogens with zero attached hydrogens (tertiary/aromatic N) is 2. The minimum Gasteiger partial charge on any atom is -0.251 e. The van der Waals surface area contributed by atoms with Crippen LogP contribution in [0.5, 0.6) is 0 Å². The van der Waals surface area contributed by atoms with Crippen LogP contribution in [0.15, 0.2) is 47.9 Å². The van der Waals surface area contributed by atoms with Crippen molar-refractivity contribution in [2.45, 2.75) is 11.8 Å². The Morgan fingerprint density at radius 2 is 2.00 bits per heavy atom.